The Kier molecular flexibility index (Phi) is 8.15. The van der Waals surface area contributed by atoms with Crippen molar-refractivity contribution in [3.8, 4) is 68.5 Å². The molecule has 0 amide bonds. The molecule has 3 aromatic heterocycles. The third-order valence-electron chi connectivity index (χ3n) is 11.4. The molecule has 0 unspecified atom stereocenters. The van der Waals surface area contributed by atoms with Crippen molar-refractivity contribution in [2.75, 3.05) is 0 Å². The van der Waals surface area contributed by atoms with E-state index in [2.05, 4.69) is 124 Å². The zero-order valence-corrected chi connectivity index (χ0v) is 32.2. The van der Waals surface area contributed by atoms with E-state index in [1.807, 2.05) is 91.0 Å². The Bertz CT molecular complexity index is 3540. The quantitative estimate of drug-likeness (QED) is 0.169. The van der Waals surface area contributed by atoms with Gasteiger partial charge < -0.3 is 9.13 Å². The molecule has 0 fully saturated rings. The Balaban J connectivity index is 1.18. The molecule has 0 radical (unpaired) electrons. The van der Waals surface area contributed by atoms with Crippen molar-refractivity contribution < 1.29 is 0 Å². The van der Waals surface area contributed by atoms with Crippen LogP contribution in [0.15, 0.2) is 194 Å². The smallest absolute Gasteiger partial charge is 0.160 e. The van der Waals surface area contributed by atoms with Gasteiger partial charge in [-0.3, -0.25) is 0 Å². The van der Waals surface area contributed by atoms with Gasteiger partial charge in [0.25, 0.3) is 0 Å². The summed E-state index contributed by atoms with van der Waals surface area (Å²) in [4.78, 5) is 9.93. The topological polar surface area (TPSA) is 83.2 Å². The monoisotopic (exact) mass is 764 g/mol. The van der Waals surface area contributed by atoms with Crippen LogP contribution in [0.4, 0.5) is 0 Å². The van der Waals surface area contributed by atoms with E-state index in [9.17, 15) is 10.5 Å². The molecule has 60 heavy (non-hydrogen) atoms. The first-order chi connectivity index (χ1) is 29.7. The average molecular weight is 765 g/mol. The molecule has 3 heterocycles. The lowest BCUT2D eigenvalue weighted by atomic mass is 9.92. The number of hydrogen-bond acceptors (Lipinski definition) is 4. The Morgan fingerprint density at radius 1 is 0.383 bits per heavy atom. The number of fused-ring (bicyclic) bond motifs is 6. The predicted molar refractivity (Wildman–Crippen MR) is 242 cm³/mol. The van der Waals surface area contributed by atoms with Crippen molar-refractivity contribution >= 4 is 43.6 Å². The van der Waals surface area contributed by atoms with Gasteiger partial charge in [0.05, 0.1) is 45.1 Å². The lowest BCUT2D eigenvalue weighted by Gasteiger charge is -2.14. The highest BCUT2D eigenvalue weighted by Crippen LogP contribution is 2.44. The third-order valence-corrected chi connectivity index (χ3v) is 11.4. The number of hydrogen-bond donors (Lipinski definition) is 0. The lowest BCUT2D eigenvalue weighted by molar-refractivity contribution is 1.17. The van der Waals surface area contributed by atoms with Gasteiger partial charge in [-0.05, 0) is 60.2 Å². The van der Waals surface area contributed by atoms with Gasteiger partial charge >= 0.3 is 0 Å². The van der Waals surface area contributed by atoms with Crippen molar-refractivity contribution in [1.29, 1.82) is 10.5 Å². The summed E-state index contributed by atoms with van der Waals surface area (Å²) in [6, 6.07) is 70.8. The first kappa shape index (κ1) is 34.7. The lowest BCUT2D eigenvalue weighted by Crippen LogP contribution is -2.01. The minimum Gasteiger partial charge on any atom is -0.309 e. The van der Waals surface area contributed by atoms with E-state index in [1.165, 1.54) is 5.39 Å². The fraction of sp³-hybridized carbons (Fsp3) is 0. The fourth-order valence-corrected chi connectivity index (χ4v) is 8.78. The zero-order chi connectivity index (χ0) is 40.2. The molecule has 0 N–H and O–H groups in total. The summed E-state index contributed by atoms with van der Waals surface area (Å²) in [5.41, 5.74) is 12.4. The summed E-state index contributed by atoms with van der Waals surface area (Å²) in [5, 5.41) is 26.1. The molecule has 0 aliphatic rings. The molecule has 0 spiro atoms. The predicted octanol–water partition coefficient (Wildman–Crippen LogP) is 13.1. The largest absolute Gasteiger partial charge is 0.309 e. The van der Waals surface area contributed by atoms with Gasteiger partial charge in [0.2, 0.25) is 0 Å². The fourth-order valence-electron chi connectivity index (χ4n) is 8.78. The molecule has 0 saturated heterocycles. The van der Waals surface area contributed by atoms with Crippen LogP contribution in [-0.2, 0) is 0 Å². The molecule has 0 aliphatic carbocycles. The van der Waals surface area contributed by atoms with Gasteiger partial charge in [-0.1, -0.05) is 140 Å². The molecule has 11 rings (SSSR count). The SMILES string of the molecule is N#Cc1cc(-c2nc(-c3ccccc3)nc(-c3ccccc3)c2C#N)ccc1-c1cccc2c1c1cc3c(cc1n2-c1ccccc1)c1ccccc1n3-c1ccccc1. The average Bonchev–Trinajstić information content (AvgIpc) is 3.83. The Morgan fingerprint density at radius 2 is 0.933 bits per heavy atom. The summed E-state index contributed by atoms with van der Waals surface area (Å²) >= 11 is 0. The van der Waals surface area contributed by atoms with E-state index in [4.69, 9.17) is 9.97 Å². The Morgan fingerprint density at radius 3 is 1.60 bits per heavy atom. The van der Waals surface area contributed by atoms with Crippen LogP contribution in [0.5, 0.6) is 0 Å². The zero-order valence-electron chi connectivity index (χ0n) is 32.2. The number of rotatable bonds is 6. The minimum atomic E-state index is 0.350. The molecular weight excluding hydrogens is 733 g/mol. The standard InChI is InChI=1S/C54H32N6/c55-33-38-30-37(53-46(34-56)52(35-16-5-1-6-17-35)57-54(58-53)36-18-7-2-8-19-36)28-29-41(38)43-25-15-27-48-51(43)45-32-49-44(31-50(45)60(48)40-22-11-4-12-23-40)42-24-13-14-26-47(42)59(49)39-20-9-3-10-21-39/h1-32H. The molecule has 11 aromatic rings. The van der Waals surface area contributed by atoms with Crippen molar-refractivity contribution in [1.82, 2.24) is 19.1 Å². The number of para-hydroxylation sites is 3. The van der Waals surface area contributed by atoms with E-state index < -0.39 is 0 Å². The highest BCUT2D eigenvalue weighted by atomic mass is 15.0. The van der Waals surface area contributed by atoms with Crippen molar-refractivity contribution in [2.45, 2.75) is 0 Å². The van der Waals surface area contributed by atoms with Gasteiger partial charge in [0.15, 0.2) is 5.82 Å². The van der Waals surface area contributed by atoms with Crippen molar-refractivity contribution in [3.05, 3.63) is 205 Å². The van der Waals surface area contributed by atoms with Gasteiger partial charge in [0.1, 0.15) is 11.6 Å². The Hall–Kier alpha value is -8.58. The van der Waals surface area contributed by atoms with Crippen LogP contribution in [-0.4, -0.2) is 19.1 Å². The van der Waals surface area contributed by atoms with Gasteiger partial charge in [0, 0.05) is 55.2 Å². The highest BCUT2D eigenvalue weighted by molar-refractivity contribution is 6.22. The van der Waals surface area contributed by atoms with Crippen LogP contribution in [0.2, 0.25) is 0 Å². The molecule has 278 valence electrons. The summed E-state index contributed by atoms with van der Waals surface area (Å²) < 4.78 is 4.68. The second-order valence-electron chi connectivity index (χ2n) is 14.8. The van der Waals surface area contributed by atoms with Gasteiger partial charge in [-0.25, -0.2) is 9.97 Å². The molecule has 0 atom stereocenters. The van der Waals surface area contributed by atoms with Crippen LogP contribution in [0.3, 0.4) is 0 Å². The number of aromatic nitrogens is 4. The maximum atomic E-state index is 10.9. The third kappa shape index (κ3) is 5.48. The van der Waals surface area contributed by atoms with Crippen molar-refractivity contribution in [2.24, 2.45) is 0 Å². The van der Waals surface area contributed by atoms with Gasteiger partial charge in [-0.15, -0.1) is 0 Å². The summed E-state index contributed by atoms with van der Waals surface area (Å²) in [6.07, 6.45) is 0. The number of benzene rings is 8. The van der Waals surface area contributed by atoms with E-state index in [0.29, 0.717) is 33.9 Å². The van der Waals surface area contributed by atoms with Crippen LogP contribution in [0.25, 0.3) is 100 Å². The second-order valence-corrected chi connectivity index (χ2v) is 14.8. The molecular formula is C54H32N6. The van der Waals surface area contributed by atoms with Crippen LogP contribution >= 0.6 is 0 Å². The first-order valence-electron chi connectivity index (χ1n) is 19.8. The van der Waals surface area contributed by atoms with E-state index in [0.717, 1.165) is 71.9 Å². The summed E-state index contributed by atoms with van der Waals surface area (Å²) in [5.74, 6) is 0.503. The molecule has 0 aliphatic heterocycles. The minimum absolute atomic E-state index is 0.350. The molecule has 6 nitrogen and oxygen atoms in total. The maximum absolute atomic E-state index is 10.9. The van der Waals surface area contributed by atoms with E-state index >= 15 is 0 Å². The summed E-state index contributed by atoms with van der Waals surface area (Å²) in [7, 11) is 0. The number of nitriles is 2. The molecule has 0 bridgehead atoms. The molecule has 0 saturated carbocycles. The van der Waals surface area contributed by atoms with E-state index in [-0.39, 0.29) is 0 Å². The molecule has 6 heteroatoms. The maximum Gasteiger partial charge on any atom is 0.160 e. The van der Waals surface area contributed by atoms with Gasteiger partial charge in [-0.2, -0.15) is 10.5 Å². The Labute approximate surface area is 345 Å². The van der Waals surface area contributed by atoms with Crippen LogP contribution in [0.1, 0.15) is 11.1 Å². The highest BCUT2D eigenvalue weighted by Gasteiger charge is 2.23. The normalized spacial score (nSPS) is 11.3. The second kappa shape index (κ2) is 14.1. The first-order valence-corrected chi connectivity index (χ1v) is 19.8. The van der Waals surface area contributed by atoms with Crippen molar-refractivity contribution in [3.63, 3.8) is 0 Å². The van der Waals surface area contributed by atoms with Crippen LogP contribution in [0, 0.1) is 22.7 Å². The van der Waals surface area contributed by atoms with Crippen LogP contribution < -0.4 is 0 Å². The molecule has 8 aromatic carbocycles. The summed E-state index contributed by atoms with van der Waals surface area (Å²) in [6.45, 7) is 0. The van der Waals surface area contributed by atoms with E-state index in [1.54, 1.807) is 0 Å². The number of nitrogens with zero attached hydrogens (tertiary/aromatic N) is 6.